The molecule has 20 heavy (non-hydrogen) atoms. The van der Waals surface area contributed by atoms with E-state index in [1.54, 1.807) is 0 Å². The second-order valence-electron chi connectivity index (χ2n) is 5.84. The summed E-state index contributed by atoms with van der Waals surface area (Å²) in [5.74, 6) is 0.655. The molecule has 0 aromatic heterocycles. The van der Waals surface area contributed by atoms with E-state index in [4.69, 9.17) is 5.73 Å². The van der Waals surface area contributed by atoms with Gasteiger partial charge in [-0.1, -0.05) is 26.0 Å². The van der Waals surface area contributed by atoms with Gasteiger partial charge in [-0.05, 0) is 44.0 Å². The normalized spacial score (nSPS) is 12.8. The summed E-state index contributed by atoms with van der Waals surface area (Å²) in [5.41, 5.74) is 7.42. The zero-order chi connectivity index (χ0) is 15.1. The third-order valence-corrected chi connectivity index (χ3v) is 3.43. The van der Waals surface area contributed by atoms with Crippen molar-refractivity contribution < 1.29 is 4.79 Å². The molecule has 112 valence electrons. The van der Waals surface area contributed by atoms with Crippen molar-refractivity contribution in [2.45, 2.75) is 39.8 Å². The predicted molar refractivity (Wildman–Crippen MR) is 84.5 cm³/mol. The highest BCUT2D eigenvalue weighted by Gasteiger charge is 2.14. The summed E-state index contributed by atoms with van der Waals surface area (Å²) in [7, 11) is 1.99. The van der Waals surface area contributed by atoms with E-state index in [1.165, 1.54) is 0 Å². The van der Waals surface area contributed by atoms with Crippen LogP contribution in [-0.4, -0.2) is 30.4 Å². The van der Waals surface area contributed by atoms with Gasteiger partial charge in [0, 0.05) is 18.3 Å². The van der Waals surface area contributed by atoms with Gasteiger partial charge < -0.3 is 11.1 Å². The van der Waals surface area contributed by atoms with Crippen LogP contribution >= 0.6 is 0 Å². The number of hydrogen-bond acceptors (Lipinski definition) is 3. The molecule has 1 aromatic rings. The van der Waals surface area contributed by atoms with Crippen LogP contribution in [0, 0.1) is 5.92 Å². The van der Waals surface area contributed by atoms with Crippen molar-refractivity contribution in [1.82, 2.24) is 4.90 Å². The van der Waals surface area contributed by atoms with Crippen LogP contribution in [0.2, 0.25) is 0 Å². The smallest absolute Gasteiger partial charge is 0.238 e. The fourth-order valence-corrected chi connectivity index (χ4v) is 2.17. The molecule has 0 radical (unpaired) electrons. The number of nitrogens with zero attached hydrogens (tertiary/aromatic N) is 1. The van der Waals surface area contributed by atoms with E-state index >= 15 is 0 Å². The van der Waals surface area contributed by atoms with E-state index in [0.29, 0.717) is 25.0 Å². The van der Waals surface area contributed by atoms with Gasteiger partial charge in [0.1, 0.15) is 0 Å². The van der Waals surface area contributed by atoms with Crippen LogP contribution < -0.4 is 11.1 Å². The third kappa shape index (κ3) is 5.72. The molecule has 4 nitrogen and oxygen atoms in total. The Kier molecular flexibility index (Phi) is 6.68. The Morgan fingerprint density at radius 2 is 1.85 bits per heavy atom. The number of nitrogens with two attached hydrogens (primary N) is 1. The largest absolute Gasteiger partial charge is 0.326 e. The molecule has 1 atom stereocenters. The highest BCUT2D eigenvalue weighted by molar-refractivity contribution is 5.92. The van der Waals surface area contributed by atoms with Gasteiger partial charge in [0.2, 0.25) is 5.91 Å². The van der Waals surface area contributed by atoms with Crippen molar-refractivity contribution in [2.24, 2.45) is 11.7 Å². The number of benzene rings is 1. The predicted octanol–water partition coefficient (Wildman–Crippen LogP) is 2.45. The zero-order valence-corrected chi connectivity index (χ0v) is 13.0. The first-order valence-corrected chi connectivity index (χ1v) is 7.21. The second-order valence-corrected chi connectivity index (χ2v) is 5.84. The molecular weight excluding hydrogens is 250 g/mol. The Hall–Kier alpha value is -1.39. The minimum Gasteiger partial charge on any atom is -0.326 e. The molecule has 0 aliphatic rings. The van der Waals surface area contributed by atoms with E-state index < -0.39 is 0 Å². The van der Waals surface area contributed by atoms with Crippen LogP contribution in [0.3, 0.4) is 0 Å². The number of anilines is 1. The molecule has 1 rings (SSSR count). The second kappa shape index (κ2) is 8.02. The van der Waals surface area contributed by atoms with E-state index in [2.05, 4.69) is 31.0 Å². The summed E-state index contributed by atoms with van der Waals surface area (Å²) < 4.78 is 0. The number of amides is 1. The number of rotatable bonds is 7. The molecule has 3 N–H and O–H groups in total. The van der Waals surface area contributed by atoms with Gasteiger partial charge in [-0.25, -0.2) is 0 Å². The van der Waals surface area contributed by atoms with Gasteiger partial charge in [-0.3, -0.25) is 9.69 Å². The van der Waals surface area contributed by atoms with Crippen LogP contribution in [0.25, 0.3) is 0 Å². The van der Waals surface area contributed by atoms with E-state index in [9.17, 15) is 4.79 Å². The van der Waals surface area contributed by atoms with Crippen LogP contribution in [0.5, 0.6) is 0 Å². The van der Waals surface area contributed by atoms with E-state index in [1.807, 2.05) is 31.3 Å². The minimum absolute atomic E-state index is 0.0172. The highest BCUT2D eigenvalue weighted by Crippen LogP contribution is 2.11. The Balaban J connectivity index is 2.46. The topological polar surface area (TPSA) is 58.4 Å². The molecular formula is C16H27N3O. The van der Waals surface area contributed by atoms with Crippen molar-refractivity contribution in [1.29, 1.82) is 0 Å². The highest BCUT2D eigenvalue weighted by atomic mass is 16.2. The zero-order valence-electron chi connectivity index (χ0n) is 13.0. The summed E-state index contributed by atoms with van der Waals surface area (Å²) >= 11 is 0. The molecule has 0 spiro atoms. The van der Waals surface area contributed by atoms with Gasteiger partial charge in [0.15, 0.2) is 0 Å². The molecule has 0 aliphatic carbocycles. The number of nitrogens with one attached hydrogen (secondary N) is 1. The summed E-state index contributed by atoms with van der Waals surface area (Å²) in [6.45, 7) is 7.48. The third-order valence-electron chi connectivity index (χ3n) is 3.43. The molecule has 1 amide bonds. The first kappa shape index (κ1) is 16.7. The lowest BCUT2D eigenvalue weighted by Crippen LogP contribution is -2.37. The van der Waals surface area contributed by atoms with Crippen molar-refractivity contribution in [2.75, 3.05) is 18.9 Å². The Morgan fingerprint density at radius 1 is 1.25 bits per heavy atom. The first-order valence-electron chi connectivity index (χ1n) is 7.21. The molecule has 0 bridgehead atoms. The summed E-state index contributed by atoms with van der Waals surface area (Å²) in [4.78, 5) is 14.1. The lowest BCUT2D eigenvalue weighted by Gasteiger charge is -2.25. The molecule has 0 saturated carbocycles. The maximum Gasteiger partial charge on any atom is 0.238 e. The van der Waals surface area contributed by atoms with Crippen molar-refractivity contribution in [3.63, 3.8) is 0 Å². The SMILES string of the molecule is CC(C)CC(C)N(C)CC(=O)Nc1ccc(CN)cc1. The van der Waals surface area contributed by atoms with Crippen LogP contribution in [0.1, 0.15) is 32.8 Å². The standard InChI is InChI=1S/C16H27N3O/c1-12(2)9-13(3)19(4)11-16(20)18-15-7-5-14(10-17)6-8-15/h5-8,12-13H,9-11,17H2,1-4H3,(H,18,20). The number of likely N-dealkylation sites (N-methyl/N-ethyl adjacent to an activating group) is 1. The van der Waals surface area contributed by atoms with Crippen molar-refractivity contribution >= 4 is 11.6 Å². The van der Waals surface area contributed by atoms with Gasteiger partial charge in [0.25, 0.3) is 0 Å². The van der Waals surface area contributed by atoms with Crippen LogP contribution in [0.15, 0.2) is 24.3 Å². The lowest BCUT2D eigenvalue weighted by atomic mass is 10.0. The van der Waals surface area contributed by atoms with E-state index in [0.717, 1.165) is 17.7 Å². The van der Waals surface area contributed by atoms with E-state index in [-0.39, 0.29) is 5.91 Å². The van der Waals surface area contributed by atoms with Crippen LogP contribution in [0.4, 0.5) is 5.69 Å². The molecule has 0 saturated heterocycles. The summed E-state index contributed by atoms with van der Waals surface area (Å²) in [6, 6.07) is 8.04. The molecule has 0 fully saturated rings. The van der Waals surface area contributed by atoms with Gasteiger partial charge >= 0.3 is 0 Å². The van der Waals surface area contributed by atoms with Gasteiger partial charge in [0.05, 0.1) is 6.54 Å². The fraction of sp³-hybridized carbons (Fsp3) is 0.562. The monoisotopic (exact) mass is 277 g/mol. The number of carbonyl (C=O) groups is 1. The molecule has 0 heterocycles. The summed E-state index contributed by atoms with van der Waals surface area (Å²) in [5, 5.41) is 2.91. The Morgan fingerprint density at radius 3 is 2.35 bits per heavy atom. The number of carbonyl (C=O) groups excluding carboxylic acids is 1. The Labute approximate surface area is 122 Å². The first-order chi connectivity index (χ1) is 9.42. The molecule has 4 heteroatoms. The van der Waals surface area contributed by atoms with Gasteiger partial charge in [-0.2, -0.15) is 0 Å². The fourth-order valence-electron chi connectivity index (χ4n) is 2.17. The van der Waals surface area contributed by atoms with Gasteiger partial charge in [-0.15, -0.1) is 0 Å². The number of hydrogen-bond donors (Lipinski definition) is 2. The average Bonchev–Trinajstić information content (AvgIpc) is 2.38. The van der Waals surface area contributed by atoms with Crippen molar-refractivity contribution in [3.8, 4) is 0 Å². The minimum atomic E-state index is 0.0172. The average molecular weight is 277 g/mol. The lowest BCUT2D eigenvalue weighted by molar-refractivity contribution is -0.117. The summed E-state index contributed by atoms with van der Waals surface area (Å²) in [6.07, 6.45) is 1.09. The quantitative estimate of drug-likeness (QED) is 0.805. The molecule has 1 aromatic carbocycles. The Bertz CT molecular complexity index is 414. The molecule has 0 aliphatic heterocycles. The maximum atomic E-state index is 12.0. The van der Waals surface area contributed by atoms with Crippen molar-refractivity contribution in [3.05, 3.63) is 29.8 Å². The van der Waals surface area contributed by atoms with Crippen LogP contribution in [-0.2, 0) is 11.3 Å². The molecule has 1 unspecified atom stereocenters. The maximum absolute atomic E-state index is 12.0.